The molecular formula is C94H99BF4N18O16P2. The summed E-state index contributed by atoms with van der Waals surface area (Å²) in [6.45, 7) is 24.8. The Morgan fingerprint density at radius 3 is 1.07 bits per heavy atom. The van der Waals surface area contributed by atoms with Crippen molar-refractivity contribution in [1.29, 1.82) is 0 Å². The molecule has 0 bridgehead atoms. The van der Waals surface area contributed by atoms with Gasteiger partial charge in [0.1, 0.15) is 125 Å². The maximum atomic E-state index is 18.1. The van der Waals surface area contributed by atoms with Crippen molar-refractivity contribution < 1.29 is 92.1 Å². The molecule has 4 aliphatic rings. The molecule has 135 heavy (non-hydrogen) atoms. The van der Waals surface area contributed by atoms with Crippen LogP contribution in [0.1, 0.15) is 108 Å². The Morgan fingerprint density at radius 2 is 0.711 bits per heavy atom. The fourth-order valence-corrected chi connectivity index (χ4v) is 19.5. The standard InChI is InChI=1S/C47H51BF2N9O8P.C47H48F2N9O8P/c1-7-35-41(38(50)45(64-35)58-26-56-39-28(2)52-24-54-43(39)58)67-68(48,62-22-21-51-4)63-23-36-37(49)42(46(65-36)59-27-57-40-29(3)53-25-55-44(40)59)66-47(30-11-9-8-10-12-30,31-13-17-33(60-5)18-14-31)32-15-19-34(61-6)20-16-32;1-7-35-41(38(49)45(63-35)57-26-55-39-28(2)51-24-53-43(39)57)66-67(61-22-21-50-4)62-23-36-37(48)42(46(64-36)58-27-56-40-29(3)52-25-54-44(40)58)65-47(30-11-9-8-10-12-30,31-13-17-33(59-5)18-14-31)32-15-19-34(60-6)20-16-32/h8-20,24-27,35-38,41-42,45-46H,7,21-23H2,1-3,5-6,48H3;8-20,24-27,35-38,41-42,45-46H,7,21-23H2,1-3,5-6H3/t35-,36?,37+,38+,41?,42?,45-,46?,68?;35-,36?,37+,38+,41?,42?,45-,46?,67?/m11/s1. The second-order valence-electron chi connectivity index (χ2n) is 31.8. The largest absolute Gasteiger partial charge is 0.497 e. The summed E-state index contributed by atoms with van der Waals surface area (Å²) in [6, 6.07) is 48.8. The number of hydrogen-bond acceptors (Lipinski definition) is 28. The van der Waals surface area contributed by atoms with Crippen LogP contribution in [0.3, 0.4) is 0 Å². The van der Waals surface area contributed by atoms with Crippen LogP contribution in [-0.4, -0.2) is 227 Å². The number of ether oxygens (including phenoxy) is 10. The molecule has 41 heteroatoms. The van der Waals surface area contributed by atoms with E-state index in [4.69, 9.17) is 87.7 Å². The van der Waals surface area contributed by atoms with Crippen molar-refractivity contribution in [2.75, 3.05) is 68.0 Å². The molecule has 8 aromatic heterocycles. The number of aryl methyl sites for hydroxylation is 4. The molecule has 4 aliphatic heterocycles. The molecule has 18 atom stereocenters. The van der Waals surface area contributed by atoms with Gasteiger partial charge in [0.25, 0.3) is 0 Å². The van der Waals surface area contributed by atoms with Crippen molar-refractivity contribution in [3.05, 3.63) is 287 Å². The van der Waals surface area contributed by atoms with Crippen LogP contribution in [0.15, 0.2) is 208 Å². The minimum Gasteiger partial charge on any atom is -0.497 e. The summed E-state index contributed by atoms with van der Waals surface area (Å²) in [5.41, 5.74) is 7.41. The Bertz CT molecular complexity index is 6380. The van der Waals surface area contributed by atoms with Crippen LogP contribution < -0.4 is 18.9 Å². The lowest BCUT2D eigenvalue weighted by molar-refractivity contribution is -0.115. The molecule has 0 amide bonds. The lowest BCUT2D eigenvalue weighted by atomic mass is 9.79. The molecule has 10 unspecified atom stereocenters. The molecule has 14 aromatic rings. The van der Waals surface area contributed by atoms with Crippen LogP contribution in [0.2, 0.25) is 0 Å². The first-order chi connectivity index (χ1) is 65.7. The molecule has 702 valence electrons. The number of hydrogen-bond donors (Lipinski definition) is 0. The van der Waals surface area contributed by atoms with Gasteiger partial charge in [-0.05, 0) is 122 Å². The molecular weight excluding hydrogens is 1790 g/mol. The summed E-state index contributed by atoms with van der Waals surface area (Å²) in [4.78, 5) is 59.7. The SMILES string of the molecule is [BH3-][P+](OCC[N+]#[C-])(OCC1OC(n2cnc3c(C)ncnc32)C(OC(c2ccccc2)(c2ccc(OC)cc2)c2ccc(OC)cc2)[C@H]1F)OC1[C@@H](CC)O[C@@H](n2cnc3c(C)ncnc32)[C@H]1F.[C-]#[N+]CCOP(OCC1OC(n2cnc3c(C)ncnc32)C(OC(c2ccccc2)(c2ccc(OC)cc2)c2ccc(OC)cc2)[C@H]1F)OC1[C@@H](CC)O[C@@H](n2cnc3c(C)ncnc32)[C@H]1F. The van der Waals surface area contributed by atoms with Gasteiger partial charge in [-0.1, -0.05) is 123 Å². The fourth-order valence-electron chi connectivity index (χ4n) is 17.2. The smallest absolute Gasteiger partial charge is 0.333 e. The summed E-state index contributed by atoms with van der Waals surface area (Å²) in [6.07, 6.45) is -8.35. The summed E-state index contributed by atoms with van der Waals surface area (Å²) in [7, 11) is -0.475. The van der Waals surface area contributed by atoms with Gasteiger partial charge in [-0.2, -0.15) is 0 Å². The third-order valence-electron chi connectivity index (χ3n) is 24.0. The Morgan fingerprint density at radius 1 is 0.385 bits per heavy atom. The molecule has 0 spiro atoms. The predicted molar refractivity (Wildman–Crippen MR) is 491 cm³/mol. The summed E-state index contributed by atoms with van der Waals surface area (Å²) >= 11 is 0. The van der Waals surface area contributed by atoms with Gasteiger partial charge in [-0.25, -0.2) is 104 Å². The lowest BCUT2D eigenvalue weighted by Gasteiger charge is -2.39. The van der Waals surface area contributed by atoms with Crippen LogP contribution in [-0.2, 0) is 66.8 Å². The Balaban J connectivity index is 0.000000188. The van der Waals surface area contributed by atoms with E-state index in [-0.39, 0.29) is 32.9 Å². The van der Waals surface area contributed by atoms with E-state index in [1.54, 1.807) is 69.2 Å². The highest BCUT2D eigenvalue weighted by Gasteiger charge is 2.58. The number of nitrogens with zero attached hydrogens (tertiary/aromatic N) is 18. The number of imidazole rings is 4. The van der Waals surface area contributed by atoms with E-state index in [9.17, 15) is 0 Å². The first kappa shape index (κ1) is 94.6. The van der Waals surface area contributed by atoms with E-state index in [0.717, 1.165) is 0 Å². The van der Waals surface area contributed by atoms with Crippen molar-refractivity contribution in [3.63, 3.8) is 0 Å². The highest BCUT2D eigenvalue weighted by atomic mass is 31.2. The van der Waals surface area contributed by atoms with E-state index in [1.807, 2.05) is 178 Å². The van der Waals surface area contributed by atoms with Gasteiger partial charge in [0.15, 0.2) is 84.9 Å². The molecule has 18 rings (SSSR count). The third kappa shape index (κ3) is 18.8. The van der Waals surface area contributed by atoms with Crippen LogP contribution in [0.5, 0.6) is 23.0 Å². The number of halogens is 4. The number of fused-ring (bicyclic) bond motifs is 4. The molecule has 12 heterocycles. The van der Waals surface area contributed by atoms with E-state index < -0.39 is 140 Å². The molecule has 34 nitrogen and oxygen atoms in total. The van der Waals surface area contributed by atoms with E-state index >= 15 is 17.6 Å². The monoisotopic (exact) mass is 1880 g/mol. The van der Waals surface area contributed by atoms with Gasteiger partial charge in [-0.15, -0.1) is 0 Å². The Labute approximate surface area is 777 Å². The first-order valence-electron chi connectivity index (χ1n) is 43.3. The molecule has 0 N–H and O–H groups in total. The van der Waals surface area contributed by atoms with Crippen LogP contribution >= 0.6 is 16.4 Å². The Kier molecular flexibility index (Phi) is 29.2. The summed E-state index contributed by atoms with van der Waals surface area (Å²) < 4.78 is 177. The van der Waals surface area contributed by atoms with Crippen molar-refractivity contribution in [2.45, 2.75) is 164 Å². The normalized spacial score (nSPS) is 23.6. The molecule has 0 radical (unpaired) electrons. The maximum absolute atomic E-state index is 18.1. The highest BCUT2D eigenvalue weighted by molar-refractivity contribution is 7.85. The van der Waals surface area contributed by atoms with Crippen molar-refractivity contribution in [3.8, 4) is 23.0 Å². The third-order valence-corrected chi connectivity index (χ3v) is 26.3. The van der Waals surface area contributed by atoms with E-state index in [1.165, 1.54) is 48.9 Å². The number of methoxy groups -OCH3 is 4. The van der Waals surface area contributed by atoms with Crippen molar-refractivity contribution >= 4 is 68.6 Å². The molecule has 0 aliphatic carbocycles. The van der Waals surface area contributed by atoms with E-state index in [2.05, 4.69) is 69.5 Å². The van der Waals surface area contributed by atoms with Gasteiger partial charge in [0, 0.05) is 0 Å². The zero-order valence-electron chi connectivity index (χ0n) is 74.5. The van der Waals surface area contributed by atoms with Crippen LogP contribution in [0, 0.1) is 40.8 Å². The molecule has 4 fully saturated rings. The summed E-state index contributed by atoms with van der Waals surface area (Å²) in [5.74, 6) is 2.47. The first-order valence-corrected chi connectivity index (χ1v) is 45.5. The van der Waals surface area contributed by atoms with Crippen LogP contribution in [0.25, 0.3) is 54.3 Å². The zero-order chi connectivity index (χ0) is 94.2. The Hall–Kier alpha value is -12.1. The molecule has 4 saturated heterocycles. The average molecular weight is 1890 g/mol. The van der Waals surface area contributed by atoms with E-state index in [0.29, 0.717) is 137 Å². The minimum absolute atomic E-state index is 0.0116. The lowest BCUT2D eigenvalue weighted by Crippen LogP contribution is -2.43. The fraction of sp³-hybridized carbons (Fsp3) is 0.383. The quantitative estimate of drug-likeness (QED) is 0.00879. The molecule has 6 aromatic carbocycles. The number of rotatable bonds is 36. The average Bonchev–Trinajstić information content (AvgIpc) is 1.71. The van der Waals surface area contributed by atoms with Crippen molar-refractivity contribution in [2.24, 2.45) is 0 Å². The highest BCUT2D eigenvalue weighted by Crippen LogP contribution is 2.62. The van der Waals surface area contributed by atoms with Crippen LogP contribution in [0.4, 0.5) is 17.6 Å². The van der Waals surface area contributed by atoms with Crippen molar-refractivity contribution in [1.82, 2.24) is 78.1 Å². The van der Waals surface area contributed by atoms with Gasteiger partial charge >= 0.3 is 8.60 Å². The number of alkyl halides is 4. The minimum atomic E-state index is -3.33. The van der Waals surface area contributed by atoms with Gasteiger partial charge in [-0.3, -0.25) is 18.3 Å². The predicted octanol–water partition coefficient (Wildman–Crippen LogP) is 15.1. The number of benzene rings is 6. The van der Waals surface area contributed by atoms with Gasteiger partial charge in [0.2, 0.25) is 28.5 Å². The maximum Gasteiger partial charge on any atom is 0.333 e. The number of aromatic nitrogens is 16. The topological polar surface area (TPSA) is 331 Å². The second kappa shape index (κ2) is 41.6. The van der Waals surface area contributed by atoms with Gasteiger partial charge < -0.3 is 70.6 Å². The van der Waals surface area contributed by atoms with Gasteiger partial charge in [0.05, 0.1) is 95.3 Å². The second-order valence-corrected chi connectivity index (χ2v) is 34.1. The summed E-state index contributed by atoms with van der Waals surface area (Å²) in [5, 5.41) is 0. The zero-order valence-corrected chi connectivity index (χ0v) is 76.3. The molecule has 0 saturated carbocycles.